The van der Waals surface area contributed by atoms with Crippen LogP contribution in [0.3, 0.4) is 0 Å². The lowest BCUT2D eigenvalue weighted by Crippen LogP contribution is -2.54. The molecule has 0 spiro atoms. The number of imide groups is 1. The standard InChI is InChI=1S/C25H37NO8/c1-17-13-19(31-14-18-11-9-8-10-12-18)15-30-16-20(21(27)32-17)26(22(28)33-24(2,3)4)23(29)34-25(5,6)7/h8-12,17,19-20H,13-16H2,1-7H3/t17-,19+,20-/m0/s1. The van der Waals surface area contributed by atoms with Crippen molar-refractivity contribution in [2.24, 2.45) is 0 Å². The first-order valence-corrected chi connectivity index (χ1v) is 11.4. The Kier molecular flexibility index (Phi) is 9.46. The van der Waals surface area contributed by atoms with Crippen molar-refractivity contribution in [3.8, 4) is 0 Å². The van der Waals surface area contributed by atoms with E-state index in [1.807, 2.05) is 30.3 Å². The zero-order valence-corrected chi connectivity index (χ0v) is 21.2. The third-order valence-electron chi connectivity index (χ3n) is 4.58. The average molecular weight is 480 g/mol. The number of amides is 2. The Morgan fingerprint density at radius 2 is 1.53 bits per heavy atom. The average Bonchev–Trinajstić information content (AvgIpc) is 2.74. The Hall–Kier alpha value is -2.65. The van der Waals surface area contributed by atoms with Crippen LogP contribution in [0.2, 0.25) is 0 Å². The summed E-state index contributed by atoms with van der Waals surface area (Å²) in [6.45, 7) is 11.9. The highest BCUT2D eigenvalue weighted by atomic mass is 16.6. The molecule has 1 aromatic rings. The molecule has 1 heterocycles. The molecule has 9 nitrogen and oxygen atoms in total. The van der Waals surface area contributed by atoms with Gasteiger partial charge in [-0.15, -0.1) is 0 Å². The quantitative estimate of drug-likeness (QED) is 0.461. The van der Waals surface area contributed by atoms with Gasteiger partial charge in [0.1, 0.15) is 17.3 Å². The predicted molar refractivity (Wildman–Crippen MR) is 124 cm³/mol. The number of hydrogen-bond acceptors (Lipinski definition) is 8. The van der Waals surface area contributed by atoms with Gasteiger partial charge in [-0.3, -0.25) is 0 Å². The van der Waals surface area contributed by atoms with E-state index in [2.05, 4.69) is 0 Å². The molecule has 190 valence electrons. The van der Waals surface area contributed by atoms with Gasteiger partial charge in [0.05, 0.1) is 25.9 Å². The van der Waals surface area contributed by atoms with Crippen LogP contribution in [-0.4, -0.2) is 65.7 Å². The van der Waals surface area contributed by atoms with Crippen LogP contribution in [0.15, 0.2) is 30.3 Å². The van der Waals surface area contributed by atoms with E-state index in [-0.39, 0.29) is 19.3 Å². The highest BCUT2D eigenvalue weighted by molar-refractivity contribution is 5.94. The summed E-state index contributed by atoms with van der Waals surface area (Å²) in [6, 6.07) is 8.31. The lowest BCUT2D eigenvalue weighted by atomic mass is 10.2. The van der Waals surface area contributed by atoms with E-state index in [1.54, 1.807) is 48.5 Å². The molecule has 1 aromatic carbocycles. The highest BCUT2D eigenvalue weighted by Gasteiger charge is 2.42. The zero-order chi connectivity index (χ0) is 25.5. The third kappa shape index (κ3) is 9.30. The predicted octanol–water partition coefficient (Wildman–Crippen LogP) is 4.46. The molecular weight excluding hydrogens is 442 g/mol. The molecule has 0 unspecified atom stereocenters. The van der Waals surface area contributed by atoms with Crippen molar-refractivity contribution in [1.82, 2.24) is 4.90 Å². The van der Waals surface area contributed by atoms with Gasteiger partial charge in [0, 0.05) is 6.42 Å². The summed E-state index contributed by atoms with van der Waals surface area (Å²) in [7, 11) is 0. The van der Waals surface area contributed by atoms with Gasteiger partial charge >= 0.3 is 18.2 Å². The maximum Gasteiger partial charge on any atom is 0.420 e. The molecule has 0 aliphatic carbocycles. The lowest BCUT2D eigenvalue weighted by Gasteiger charge is -2.32. The van der Waals surface area contributed by atoms with E-state index in [0.29, 0.717) is 17.9 Å². The summed E-state index contributed by atoms with van der Waals surface area (Å²) < 4.78 is 28.0. The van der Waals surface area contributed by atoms with Gasteiger partial charge < -0.3 is 23.7 Å². The summed E-state index contributed by atoms with van der Waals surface area (Å²) in [5.41, 5.74) is -0.792. The fourth-order valence-electron chi connectivity index (χ4n) is 3.18. The topological polar surface area (TPSA) is 101 Å². The van der Waals surface area contributed by atoms with E-state index < -0.39 is 41.5 Å². The van der Waals surface area contributed by atoms with Crippen molar-refractivity contribution in [3.63, 3.8) is 0 Å². The number of nitrogens with zero attached hydrogens (tertiary/aromatic N) is 1. The molecule has 1 fully saturated rings. The third-order valence-corrected chi connectivity index (χ3v) is 4.58. The first kappa shape index (κ1) is 27.6. The van der Waals surface area contributed by atoms with Crippen molar-refractivity contribution in [2.75, 3.05) is 13.2 Å². The van der Waals surface area contributed by atoms with Crippen molar-refractivity contribution in [3.05, 3.63) is 35.9 Å². The second-order valence-corrected chi connectivity index (χ2v) is 10.3. The molecule has 2 amide bonds. The van der Waals surface area contributed by atoms with E-state index >= 15 is 0 Å². The fraction of sp³-hybridized carbons (Fsp3) is 0.640. The highest BCUT2D eigenvalue weighted by Crippen LogP contribution is 2.20. The number of hydrogen-bond donors (Lipinski definition) is 0. The van der Waals surface area contributed by atoms with Gasteiger partial charge in [-0.2, -0.15) is 4.90 Å². The smallest absolute Gasteiger partial charge is 0.420 e. The van der Waals surface area contributed by atoms with Gasteiger partial charge in [-0.25, -0.2) is 14.4 Å². The molecular formula is C25H37NO8. The number of cyclic esters (lactones) is 1. The molecule has 3 atom stereocenters. The fourth-order valence-corrected chi connectivity index (χ4v) is 3.18. The molecule has 0 aromatic heterocycles. The molecule has 1 aliphatic rings. The van der Waals surface area contributed by atoms with E-state index in [4.69, 9.17) is 23.7 Å². The number of carbonyl (C=O) groups is 3. The second kappa shape index (κ2) is 11.7. The Labute approximate surface area is 201 Å². The minimum Gasteiger partial charge on any atom is -0.461 e. The van der Waals surface area contributed by atoms with Crippen LogP contribution >= 0.6 is 0 Å². The van der Waals surface area contributed by atoms with Crippen molar-refractivity contribution in [1.29, 1.82) is 0 Å². The number of ether oxygens (including phenoxy) is 5. The van der Waals surface area contributed by atoms with Gasteiger partial charge in [-0.05, 0) is 54.0 Å². The second-order valence-electron chi connectivity index (χ2n) is 10.3. The molecule has 0 radical (unpaired) electrons. The van der Waals surface area contributed by atoms with Crippen LogP contribution in [0.25, 0.3) is 0 Å². The molecule has 0 saturated carbocycles. The summed E-state index contributed by atoms with van der Waals surface area (Å²) in [5.74, 6) is -0.784. The van der Waals surface area contributed by atoms with Gasteiger partial charge in [0.25, 0.3) is 0 Å². The molecule has 9 heteroatoms. The summed E-state index contributed by atoms with van der Waals surface area (Å²) >= 11 is 0. The largest absolute Gasteiger partial charge is 0.461 e. The molecule has 2 rings (SSSR count). The zero-order valence-electron chi connectivity index (χ0n) is 21.2. The summed E-state index contributed by atoms with van der Waals surface area (Å²) in [6.07, 6.45) is -2.52. The number of benzene rings is 1. The summed E-state index contributed by atoms with van der Waals surface area (Å²) in [4.78, 5) is 39.5. The maximum atomic E-state index is 13.0. The Morgan fingerprint density at radius 1 is 0.971 bits per heavy atom. The SMILES string of the molecule is C[C@H]1C[C@@H](OCc2ccccc2)COC[C@H](N(C(=O)OC(C)(C)C)C(=O)OC(C)(C)C)C(=O)O1. The Morgan fingerprint density at radius 3 is 2.06 bits per heavy atom. The molecule has 0 N–H and O–H groups in total. The molecule has 1 aliphatic heterocycles. The van der Waals surface area contributed by atoms with Gasteiger partial charge in [0.15, 0.2) is 6.04 Å². The van der Waals surface area contributed by atoms with Crippen LogP contribution in [0.1, 0.15) is 60.5 Å². The number of carbonyl (C=O) groups excluding carboxylic acids is 3. The molecule has 34 heavy (non-hydrogen) atoms. The minimum atomic E-state index is -1.37. The van der Waals surface area contributed by atoms with E-state index in [9.17, 15) is 14.4 Å². The summed E-state index contributed by atoms with van der Waals surface area (Å²) in [5, 5.41) is 0. The first-order valence-electron chi connectivity index (χ1n) is 11.4. The van der Waals surface area contributed by atoms with Crippen LogP contribution in [-0.2, 0) is 35.1 Å². The van der Waals surface area contributed by atoms with Crippen molar-refractivity contribution >= 4 is 18.2 Å². The molecule has 0 bridgehead atoms. The Bertz CT molecular complexity index is 800. The number of rotatable bonds is 4. The monoisotopic (exact) mass is 479 g/mol. The molecule has 1 saturated heterocycles. The van der Waals surface area contributed by atoms with Crippen LogP contribution in [0.5, 0.6) is 0 Å². The van der Waals surface area contributed by atoms with Crippen LogP contribution < -0.4 is 0 Å². The van der Waals surface area contributed by atoms with Gasteiger partial charge in [0.2, 0.25) is 0 Å². The lowest BCUT2D eigenvalue weighted by molar-refractivity contribution is -0.156. The van der Waals surface area contributed by atoms with E-state index in [1.165, 1.54) is 0 Å². The van der Waals surface area contributed by atoms with Crippen molar-refractivity contribution < 1.29 is 38.1 Å². The van der Waals surface area contributed by atoms with Crippen LogP contribution in [0.4, 0.5) is 9.59 Å². The minimum absolute atomic E-state index is 0.154. The normalized spacial score (nSPS) is 22.0. The van der Waals surface area contributed by atoms with Crippen molar-refractivity contribution in [2.45, 2.75) is 90.9 Å². The first-order chi connectivity index (χ1) is 15.7. The van der Waals surface area contributed by atoms with Gasteiger partial charge in [-0.1, -0.05) is 30.3 Å². The van der Waals surface area contributed by atoms with Crippen LogP contribution in [0, 0.1) is 0 Å². The number of esters is 1. The Balaban J connectivity index is 2.19. The maximum absolute atomic E-state index is 13.0. The van der Waals surface area contributed by atoms with E-state index in [0.717, 1.165) is 5.56 Å².